The van der Waals surface area contributed by atoms with Gasteiger partial charge in [-0.05, 0) is 54.8 Å². The normalized spacial score (nSPS) is 11.6. The average Bonchev–Trinajstić information content (AvgIpc) is 3.07. The van der Waals surface area contributed by atoms with Crippen molar-refractivity contribution in [2.75, 3.05) is 5.75 Å². The zero-order chi connectivity index (χ0) is 20.5. The standard InChI is InChI=1S/C22H23FN2O2S/c1-14-5-6-16(11-15(14)2)22(3,4)19-12-24-21(28-13-20(26)27)25(19)18-9-7-17(23)8-10-18/h5-12H,13H2,1-4H3,(H,26,27). The lowest BCUT2D eigenvalue weighted by molar-refractivity contribution is -0.133. The van der Waals surface area contributed by atoms with E-state index in [2.05, 4.69) is 50.9 Å². The molecule has 0 unspecified atom stereocenters. The number of carboxylic acid groups (broad SMARTS) is 1. The number of halogens is 1. The van der Waals surface area contributed by atoms with Gasteiger partial charge < -0.3 is 5.11 Å². The number of nitrogens with zero attached hydrogens (tertiary/aromatic N) is 2. The van der Waals surface area contributed by atoms with Crippen LogP contribution >= 0.6 is 11.8 Å². The van der Waals surface area contributed by atoms with Gasteiger partial charge in [0.2, 0.25) is 0 Å². The van der Waals surface area contributed by atoms with Crippen molar-refractivity contribution in [2.24, 2.45) is 0 Å². The Balaban J connectivity index is 2.15. The van der Waals surface area contributed by atoms with Gasteiger partial charge in [-0.15, -0.1) is 0 Å². The summed E-state index contributed by atoms with van der Waals surface area (Å²) in [6.07, 6.45) is 1.78. The third-order valence-electron chi connectivity index (χ3n) is 5.01. The number of thioether (sulfide) groups is 1. The van der Waals surface area contributed by atoms with Gasteiger partial charge in [0.15, 0.2) is 5.16 Å². The number of carboxylic acids is 1. The molecule has 0 amide bonds. The molecule has 0 saturated carbocycles. The first-order valence-corrected chi connectivity index (χ1v) is 9.95. The molecule has 3 aromatic rings. The minimum Gasteiger partial charge on any atom is -0.481 e. The summed E-state index contributed by atoms with van der Waals surface area (Å²) >= 11 is 1.15. The molecule has 2 aromatic carbocycles. The number of rotatable bonds is 6. The van der Waals surface area contributed by atoms with Gasteiger partial charge in [0, 0.05) is 11.1 Å². The van der Waals surface area contributed by atoms with E-state index in [1.165, 1.54) is 23.3 Å². The van der Waals surface area contributed by atoms with E-state index in [0.29, 0.717) is 5.16 Å². The zero-order valence-corrected chi connectivity index (χ0v) is 17.2. The number of hydrogen-bond donors (Lipinski definition) is 1. The van der Waals surface area contributed by atoms with Gasteiger partial charge in [-0.2, -0.15) is 0 Å². The predicted molar refractivity (Wildman–Crippen MR) is 110 cm³/mol. The number of aryl methyl sites for hydroxylation is 2. The van der Waals surface area contributed by atoms with Gasteiger partial charge in [-0.3, -0.25) is 9.36 Å². The van der Waals surface area contributed by atoms with E-state index in [-0.39, 0.29) is 17.0 Å². The van der Waals surface area contributed by atoms with Crippen LogP contribution in [0.3, 0.4) is 0 Å². The monoisotopic (exact) mass is 398 g/mol. The molecule has 0 spiro atoms. The second-order valence-electron chi connectivity index (χ2n) is 7.34. The Bertz CT molecular complexity index is 1010. The van der Waals surface area contributed by atoms with Gasteiger partial charge in [-0.25, -0.2) is 9.37 Å². The molecule has 6 heteroatoms. The summed E-state index contributed by atoms with van der Waals surface area (Å²) in [4.78, 5) is 15.5. The molecule has 146 valence electrons. The van der Waals surface area contributed by atoms with Crippen molar-refractivity contribution in [3.8, 4) is 5.69 Å². The molecule has 0 saturated heterocycles. The fourth-order valence-electron chi connectivity index (χ4n) is 3.12. The SMILES string of the molecule is Cc1ccc(C(C)(C)c2cnc(SCC(=O)O)n2-c2ccc(F)cc2)cc1C. The Morgan fingerprint density at radius 1 is 1.14 bits per heavy atom. The molecule has 0 aliphatic carbocycles. The highest BCUT2D eigenvalue weighted by Crippen LogP contribution is 2.36. The van der Waals surface area contributed by atoms with Crippen LogP contribution in [0.5, 0.6) is 0 Å². The Kier molecular flexibility index (Phi) is 5.61. The van der Waals surface area contributed by atoms with E-state index < -0.39 is 5.97 Å². The van der Waals surface area contributed by atoms with Crippen molar-refractivity contribution in [1.82, 2.24) is 9.55 Å². The van der Waals surface area contributed by atoms with Crippen molar-refractivity contribution in [2.45, 2.75) is 38.3 Å². The summed E-state index contributed by atoms with van der Waals surface area (Å²) in [5.41, 5.74) is 4.84. The molecule has 4 nitrogen and oxygen atoms in total. The molecule has 0 aliphatic rings. The molecule has 28 heavy (non-hydrogen) atoms. The highest BCUT2D eigenvalue weighted by atomic mass is 32.2. The lowest BCUT2D eigenvalue weighted by Crippen LogP contribution is -2.23. The number of imidazole rings is 1. The first-order valence-electron chi connectivity index (χ1n) is 8.96. The number of aliphatic carboxylic acids is 1. The predicted octanol–water partition coefficient (Wildman–Crippen LogP) is 5.13. The van der Waals surface area contributed by atoms with Crippen molar-refractivity contribution in [1.29, 1.82) is 0 Å². The Hall–Kier alpha value is -2.60. The highest BCUT2D eigenvalue weighted by molar-refractivity contribution is 7.99. The van der Waals surface area contributed by atoms with Gasteiger partial charge in [0.1, 0.15) is 5.82 Å². The minimum absolute atomic E-state index is 0.0955. The molecule has 1 heterocycles. The van der Waals surface area contributed by atoms with Gasteiger partial charge in [0.05, 0.1) is 17.6 Å². The molecule has 0 radical (unpaired) electrons. The summed E-state index contributed by atoms with van der Waals surface area (Å²) in [6, 6.07) is 12.5. The van der Waals surface area contributed by atoms with Crippen molar-refractivity contribution >= 4 is 17.7 Å². The van der Waals surface area contributed by atoms with Crippen LogP contribution in [0.25, 0.3) is 5.69 Å². The maximum absolute atomic E-state index is 13.5. The first-order chi connectivity index (χ1) is 13.2. The molecule has 0 bridgehead atoms. The lowest BCUT2D eigenvalue weighted by Gasteiger charge is -2.28. The third kappa shape index (κ3) is 3.97. The van der Waals surface area contributed by atoms with Crippen LogP contribution in [0, 0.1) is 19.7 Å². The second-order valence-corrected chi connectivity index (χ2v) is 8.29. The largest absolute Gasteiger partial charge is 0.481 e. The van der Waals surface area contributed by atoms with E-state index in [9.17, 15) is 9.18 Å². The minimum atomic E-state index is -0.909. The third-order valence-corrected chi connectivity index (χ3v) is 5.95. The Labute approximate surface area is 168 Å². The van der Waals surface area contributed by atoms with E-state index in [1.54, 1.807) is 18.3 Å². The second kappa shape index (κ2) is 7.80. The van der Waals surface area contributed by atoms with Crippen LogP contribution in [-0.4, -0.2) is 26.4 Å². The Morgan fingerprint density at radius 3 is 2.43 bits per heavy atom. The number of benzene rings is 2. The van der Waals surface area contributed by atoms with Gasteiger partial charge >= 0.3 is 5.97 Å². The maximum Gasteiger partial charge on any atom is 0.313 e. The van der Waals surface area contributed by atoms with Gasteiger partial charge in [0.25, 0.3) is 0 Å². The first kappa shape index (κ1) is 20.1. The van der Waals surface area contributed by atoms with Crippen LogP contribution in [0.15, 0.2) is 53.8 Å². The number of hydrogen-bond acceptors (Lipinski definition) is 3. The van der Waals surface area contributed by atoms with E-state index >= 15 is 0 Å². The van der Waals surface area contributed by atoms with E-state index in [1.807, 2.05) is 4.57 Å². The molecule has 0 fully saturated rings. The fourth-order valence-corrected chi connectivity index (χ4v) is 3.83. The molecule has 0 aliphatic heterocycles. The summed E-state index contributed by atoms with van der Waals surface area (Å²) in [7, 11) is 0. The summed E-state index contributed by atoms with van der Waals surface area (Å²) in [6.45, 7) is 8.38. The lowest BCUT2D eigenvalue weighted by atomic mass is 9.80. The average molecular weight is 399 g/mol. The zero-order valence-electron chi connectivity index (χ0n) is 16.4. The van der Waals surface area contributed by atoms with E-state index in [0.717, 1.165) is 28.7 Å². The smallest absolute Gasteiger partial charge is 0.313 e. The highest BCUT2D eigenvalue weighted by Gasteiger charge is 2.30. The molecule has 0 atom stereocenters. The van der Waals surface area contributed by atoms with Crippen LogP contribution in [0.2, 0.25) is 0 Å². The summed E-state index contributed by atoms with van der Waals surface area (Å²) < 4.78 is 15.4. The number of carbonyl (C=O) groups is 1. The fraction of sp³-hybridized carbons (Fsp3) is 0.273. The molecule has 1 aromatic heterocycles. The molecule has 1 N–H and O–H groups in total. The van der Waals surface area contributed by atoms with Gasteiger partial charge in [-0.1, -0.05) is 43.8 Å². The summed E-state index contributed by atoms with van der Waals surface area (Å²) in [5.74, 6) is -1.32. The molecular formula is C22H23FN2O2S. The molecule has 3 rings (SSSR count). The maximum atomic E-state index is 13.5. The quantitative estimate of drug-likeness (QED) is 0.585. The van der Waals surface area contributed by atoms with Crippen molar-refractivity contribution < 1.29 is 14.3 Å². The number of aromatic nitrogens is 2. The Morgan fingerprint density at radius 2 is 1.82 bits per heavy atom. The van der Waals surface area contributed by atoms with E-state index in [4.69, 9.17) is 5.11 Å². The van der Waals surface area contributed by atoms with Crippen molar-refractivity contribution in [3.63, 3.8) is 0 Å². The molecular weight excluding hydrogens is 375 g/mol. The summed E-state index contributed by atoms with van der Waals surface area (Å²) in [5, 5.41) is 9.64. The van der Waals surface area contributed by atoms with Crippen LogP contribution in [0.1, 0.15) is 36.2 Å². The van der Waals surface area contributed by atoms with Crippen LogP contribution in [-0.2, 0) is 10.2 Å². The van der Waals surface area contributed by atoms with Crippen LogP contribution < -0.4 is 0 Å². The van der Waals surface area contributed by atoms with Crippen molar-refractivity contribution in [3.05, 3.63) is 76.9 Å². The van der Waals surface area contributed by atoms with Crippen LogP contribution in [0.4, 0.5) is 4.39 Å². The topological polar surface area (TPSA) is 55.1 Å².